The van der Waals surface area contributed by atoms with E-state index in [0.717, 1.165) is 0 Å². The molecule has 0 fully saturated rings. The van der Waals surface area contributed by atoms with Crippen molar-refractivity contribution >= 4 is 17.6 Å². The third-order valence-corrected chi connectivity index (χ3v) is 3.17. The van der Waals surface area contributed by atoms with Crippen molar-refractivity contribution in [3.05, 3.63) is 29.8 Å². The van der Waals surface area contributed by atoms with Crippen LogP contribution in [0.2, 0.25) is 0 Å². The minimum Gasteiger partial charge on any atom is -0.484 e. The van der Waals surface area contributed by atoms with Crippen LogP contribution in [0.3, 0.4) is 0 Å². The van der Waals surface area contributed by atoms with Gasteiger partial charge in [0.15, 0.2) is 6.61 Å². The molecule has 1 aromatic carbocycles. The van der Waals surface area contributed by atoms with Gasteiger partial charge in [0.05, 0.1) is 13.0 Å². The largest absolute Gasteiger partial charge is 0.484 e. The van der Waals surface area contributed by atoms with E-state index in [-0.39, 0.29) is 24.4 Å². The monoisotopic (exact) mass is 334 g/mol. The summed E-state index contributed by atoms with van der Waals surface area (Å²) < 4.78 is 10.2. The average molecular weight is 334 g/mol. The summed E-state index contributed by atoms with van der Waals surface area (Å²) in [6.07, 6.45) is 0.0449. The van der Waals surface area contributed by atoms with E-state index >= 15 is 0 Å². The fraction of sp³-hybridized carbons (Fsp3) is 0.500. The maximum absolute atomic E-state index is 11.7. The van der Waals surface area contributed by atoms with Crippen LogP contribution in [0.15, 0.2) is 29.4 Å². The Bertz CT molecular complexity index is 586. The number of hydrogen-bond donors (Lipinski definition) is 1. The van der Waals surface area contributed by atoms with Crippen molar-refractivity contribution in [1.82, 2.24) is 5.43 Å². The van der Waals surface area contributed by atoms with E-state index in [1.165, 1.54) is 5.56 Å². The molecular weight excluding hydrogens is 308 g/mol. The summed E-state index contributed by atoms with van der Waals surface area (Å²) in [6.45, 7) is 9.94. The van der Waals surface area contributed by atoms with E-state index in [9.17, 15) is 9.59 Å². The van der Waals surface area contributed by atoms with Crippen LogP contribution in [0.4, 0.5) is 0 Å². The SMILES string of the molecule is CCOC(=O)C/C(C)=N/NC(=O)COc1ccc(C(C)(C)C)cc1. The minimum atomic E-state index is -0.391. The van der Waals surface area contributed by atoms with Crippen LogP contribution in [-0.2, 0) is 19.7 Å². The Balaban J connectivity index is 2.42. The van der Waals surface area contributed by atoms with Crippen molar-refractivity contribution < 1.29 is 19.1 Å². The van der Waals surface area contributed by atoms with Gasteiger partial charge in [-0.05, 0) is 37.0 Å². The number of carbonyl (C=O) groups excluding carboxylic acids is 2. The number of ether oxygens (including phenoxy) is 2. The number of amides is 1. The van der Waals surface area contributed by atoms with Crippen LogP contribution in [0.5, 0.6) is 5.75 Å². The highest BCUT2D eigenvalue weighted by Crippen LogP contribution is 2.24. The maximum atomic E-state index is 11.7. The molecule has 132 valence electrons. The molecule has 0 spiro atoms. The van der Waals surface area contributed by atoms with Crippen LogP contribution >= 0.6 is 0 Å². The zero-order valence-corrected chi connectivity index (χ0v) is 15.0. The van der Waals surface area contributed by atoms with Crippen molar-refractivity contribution in [3.63, 3.8) is 0 Å². The highest BCUT2D eigenvalue weighted by molar-refractivity contribution is 5.98. The van der Waals surface area contributed by atoms with E-state index in [2.05, 4.69) is 31.3 Å². The molecule has 0 radical (unpaired) electrons. The molecule has 0 saturated carbocycles. The lowest BCUT2D eigenvalue weighted by molar-refractivity contribution is -0.141. The van der Waals surface area contributed by atoms with Gasteiger partial charge in [-0.2, -0.15) is 5.10 Å². The quantitative estimate of drug-likeness (QED) is 0.472. The zero-order chi connectivity index (χ0) is 18.2. The second-order valence-electron chi connectivity index (χ2n) is 6.43. The standard InChI is InChI=1S/C18H26N2O4/c1-6-23-17(22)11-13(2)19-20-16(21)12-24-15-9-7-14(8-10-15)18(3,4)5/h7-10H,6,11-12H2,1-5H3,(H,20,21)/b19-13+. The predicted octanol–water partition coefficient (Wildman–Crippen LogP) is 2.81. The summed E-state index contributed by atoms with van der Waals surface area (Å²) in [5.41, 5.74) is 4.08. The number of hydrazone groups is 1. The number of rotatable bonds is 7. The van der Waals surface area contributed by atoms with Gasteiger partial charge in [-0.3, -0.25) is 9.59 Å². The molecule has 0 aliphatic heterocycles. The Labute approximate surface area is 143 Å². The van der Waals surface area contributed by atoms with E-state index in [4.69, 9.17) is 9.47 Å². The summed E-state index contributed by atoms with van der Waals surface area (Å²) in [7, 11) is 0. The molecule has 1 N–H and O–H groups in total. The maximum Gasteiger partial charge on any atom is 0.311 e. The third-order valence-electron chi connectivity index (χ3n) is 3.17. The molecule has 0 heterocycles. The summed E-state index contributed by atoms with van der Waals surface area (Å²) in [5.74, 6) is -0.147. The lowest BCUT2D eigenvalue weighted by Crippen LogP contribution is -2.26. The molecule has 0 atom stereocenters. The molecule has 6 heteroatoms. The molecule has 1 rings (SSSR count). The molecule has 24 heavy (non-hydrogen) atoms. The Hall–Kier alpha value is -2.37. The molecule has 0 unspecified atom stereocenters. The lowest BCUT2D eigenvalue weighted by atomic mass is 9.87. The van der Waals surface area contributed by atoms with Gasteiger partial charge in [0.25, 0.3) is 5.91 Å². The first-order valence-corrected chi connectivity index (χ1v) is 7.93. The highest BCUT2D eigenvalue weighted by atomic mass is 16.5. The minimum absolute atomic E-state index is 0.0449. The predicted molar refractivity (Wildman–Crippen MR) is 93.1 cm³/mol. The van der Waals surface area contributed by atoms with E-state index in [1.807, 2.05) is 24.3 Å². The first-order valence-electron chi connectivity index (χ1n) is 7.93. The molecule has 6 nitrogen and oxygen atoms in total. The van der Waals surface area contributed by atoms with E-state index in [0.29, 0.717) is 18.1 Å². The van der Waals surface area contributed by atoms with Gasteiger partial charge < -0.3 is 9.47 Å². The van der Waals surface area contributed by atoms with E-state index in [1.54, 1.807) is 13.8 Å². The van der Waals surface area contributed by atoms with Crippen molar-refractivity contribution in [3.8, 4) is 5.75 Å². The average Bonchev–Trinajstić information content (AvgIpc) is 2.50. The number of benzene rings is 1. The third kappa shape index (κ3) is 7.26. The van der Waals surface area contributed by atoms with Gasteiger partial charge in [-0.25, -0.2) is 5.43 Å². The fourth-order valence-electron chi connectivity index (χ4n) is 1.85. The number of hydrogen-bond acceptors (Lipinski definition) is 5. The number of carbonyl (C=O) groups is 2. The van der Waals surface area contributed by atoms with Crippen molar-refractivity contribution in [2.45, 2.75) is 46.5 Å². The molecular formula is C18H26N2O4. The van der Waals surface area contributed by atoms with Crippen LogP contribution in [-0.4, -0.2) is 30.8 Å². The topological polar surface area (TPSA) is 77.0 Å². The molecule has 0 bridgehead atoms. The molecule has 0 aliphatic carbocycles. The van der Waals surface area contributed by atoms with Gasteiger partial charge in [-0.15, -0.1) is 0 Å². The van der Waals surface area contributed by atoms with Crippen molar-refractivity contribution in [1.29, 1.82) is 0 Å². The van der Waals surface area contributed by atoms with Gasteiger partial charge in [0.1, 0.15) is 5.75 Å². The Kier molecular flexibility index (Phi) is 7.42. The second kappa shape index (κ2) is 9.05. The van der Waals surface area contributed by atoms with Crippen LogP contribution in [0, 0.1) is 0 Å². The van der Waals surface area contributed by atoms with Crippen LogP contribution in [0.1, 0.15) is 46.6 Å². The first-order chi connectivity index (χ1) is 11.2. The van der Waals surface area contributed by atoms with Crippen molar-refractivity contribution in [2.24, 2.45) is 5.10 Å². The Morgan fingerprint density at radius 3 is 2.33 bits per heavy atom. The normalized spacial score (nSPS) is 11.8. The smallest absolute Gasteiger partial charge is 0.311 e. The number of esters is 1. The number of nitrogens with one attached hydrogen (secondary N) is 1. The molecule has 0 saturated heterocycles. The van der Waals surface area contributed by atoms with Crippen molar-refractivity contribution in [2.75, 3.05) is 13.2 Å². The Morgan fingerprint density at radius 2 is 1.79 bits per heavy atom. The molecule has 0 aromatic heterocycles. The highest BCUT2D eigenvalue weighted by Gasteiger charge is 2.13. The summed E-state index contributed by atoms with van der Waals surface area (Å²) >= 11 is 0. The molecule has 0 aliphatic rings. The summed E-state index contributed by atoms with van der Waals surface area (Å²) in [6, 6.07) is 7.63. The molecule has 1 amide bonds. The summed E-state index contributed by atoms with van der Waals surface area (Å²) in [4.78, 5) is 23.0. The van der Waals surface area contributed by atoms with E-state index < -0.39 is 5.91 Å². The summed E-state index contributed by atoms with van der Waals surface area (Å²) in [5, 5.41) is 3.84. The van der Waals surface area contributed by atoms with Gasteiger partial charge >= 0.3 is 5.97 Å². The van der Waals surface area contributed by atoms with Gasteiger partial charge in [0, 0.05) is 5.71 Å². The van der Waals surface area contributed by atoms with Crippen LogP contribution in [0.25, 0.3) is 0 Å². The zero-order valence-electron chi connectivity index (χ0n) is 15.0. The number of nitrogens with zero attached hydrogens (tertiary/aromatic N) is 1. The van der Waals surface area contributed by atoms with Gasteiger partial charge in [-0.1, -0.05) is 32.9 Å². The fourth-order valence-corrected chi connectivity index (χ4v) is 1.85. The van der Waals surface area contributed by atoms with Crippen LogP contribution < -0.4 is 10.2 Å². The van der Waals surface area contributed by atoms with Gasteiger partial charge in [0.2, 0.25) is 0 Å². The first kappa shape index (κ1) is 19.7. The molecule has 1 aromatic rings. The Morgan fingerprint density at radius 1 is 1.17 bits per heavy atom. The second-order valence-corrected chi connectivity index (χ2v) is 6.43. The lowest BCUT2D eigenvalue weighted by Gasteiger charge is -2.19.